The maximum Gasteiger partial charge on any atom is 0.260 e. The highest BCUT2D eigenvalue weighted by Gasteiger charge is 2.28. The number of benzene rings is 2. The van der Waals surface area contributed by atoms with E-state index in [1.807, 2.05) is 52.8 Å². The predicted molar refractivity (Wildman–Crippen MR) is 165 cm³/mol. The number of fused-ring (bicyclic) bond motifs is 1. The number of methoxy groups -OCH3 is 2. The third-order valence-corrected chi connectivity index (χ3v) is 8.96. The Hall–Kier alpha value is -2.44. The average Bonchev–Trinajstić information content (AvgIpc) is 3.32. The summed E-state index contributed by atoms with van der Waals surface area (Å²) in [6.45, 7) is 9.88. The van der Waals surface area contributed by atoms with Crippen molar-refractivity contribution in [3.8, 4) is 11.5 Å². The summed E-state index contributed by atoms with van der Waals surface area (Å²) in [6, 6.07) is 9.80. The predicted octanol–water partition coefficient (Wildman–Crippen LogP) is 5.25. The number of halogens is 1. The molecule has 1 heterocycles. The molecule has 0 fully saturated rings. The van der Waals surface area contributed by atoms with E-state index >= 15 is 0 Å². The standard InChI is InChI=1S/C28H40N4O5S2.ClH/c1-19(2)17-31(18-20(3)4)39(34,35)22-11-9-21(10-12-22)27(33)32(16-15-30(5)6)28-29-25-23(36-7)13-14-24(37-8)26(25)38-28;/h9-14,19-20H,15-18H2,1-8H3;1H. The monoisotopic (exact) mass is 612 g/mol. The van der Waals surface area contributed by atoms with E-state index in [0.717, 1.165) is 4.70 Å². The molecule has 0 bridgehead atoms. The molecule has 3 aromatic rings. The minimum atomic E-state index is -3.70. The lowest BCUT2D eigenvalue weighted by molar-refractivity contribution is 0.0985. The van der Waals surface area contributed by atoms with E-state index in [9.17, 15) is 13.2 Å². The van der Waals surface area contributed by atoms with Crippen molar-refractivity contribution in [1.29, 1.82) is 0 Å². The van der Waals surface area contributed by atoms with Gasteiger partial charge in [-0.25, -0.2) is 13.4 Å². The number of rotatable bonds is 13. The third-order valence-electron chi connectivity index (χ3n) is 6.02. The van der Waals surface area contributed by atoms with Gasteiger partial charge in [-0.1, -0.05) is 39.0 Å². The molecule has 0 aliphatic rings. The Morgan fingerprint density at radius 3 is 1.95 bits per heavy atom. The Balaban J connectivity index is 0.00000560. The number of likely N-dealkylation sites (N-methyl/N-ethyl adjacent to an activating group) is 1. The van der Waals surface area contributed by atoms with Gasteiger partial charge >= 0.3 is 0 Å². The first-order valence-electron chi connectivity index (χ1n) is 13.0. The molecule has 40 heavy (non-hydrogen) atoms. The summed E-state index contributed by atoms with van der Waals surface area (Å²) in [5.41, 5.74) is 1.00. The maximum atomic E-state index is 13.8. The maximum absolute atomic E-state index is 13.8. The molecule has 0 radical (unpaired) electrons. The second kappa shape index (κ2) is 14.5. The number of carbonyl (C=O) groups is 1. The minimum Gasteiger partial charge on any atom is -0.495 e. The summed E-state index contributed by atoms with van der Waals surface area (Å²) < 4.78 is 40.2. The zero-order valence-electron chi connectivity index (χ0n) is 24.5. The molecule has 9 nitrogen and oxygen atoms in total. The average molecular weight is 613 g/mol. The SMILES string of the molecule is COc1ccc(OC)c2sc(N(CCN(C)C)C(=O)c3ccc(S(=O)(=O)N(CC(C)C)CC(C)C)cc3)nc12.Cl. The first-order valence-corrected chi connectivity index (χ1v) is 15.2. The number of ether oxygens (including phenoxy) is 2. The smallest absolute Gasteiger partial charge is 0.260 e. The van der Waals surface area contributed by atoms with Crippen LogP contribution in [0.1, 0.15) is 38.1 Å². The molecule has 2 aromatic carbocycles. The first-order chi connectivity index (χ1) is 18.4. The van der Waals surface area contributed by atoms with Gasteiger partial charge in [0.15, 0.2) is 5.13 Å². The number of thiazole rings is 1. The van der Waals surface area contributed by atoms with Crippen molar-refractivity contribution in [3.05, 3.63) is 42.0 Å². The molecule has 0 aliphatic heterocycles. The lowest BCUT2D eigenvalue weighted by Crippen LogP contribution is -2.37. The quantitative estimate of drug-likeness (QED) is 0.260. The number of aromatic nitrogens is 1. The fourth-order valence-corrected chi connectivity index (χ4v) is 7.00. The highest BCUT2D eigenvalue weighted by Crippen LogP contribution is 2.40. The van der Waals surface area contributed by atoms with E-state index in [2.05, 4.69) is 0 Å². The van der Waals surface area contributed by atoms with Gasteiger partial charge in [-0.3, -0.25) is 9.69 Å². The van der Waals surface area contributed by atoms with Crippen molar-refractivity contribution < 1.29 is 22.7 Å². The lowest BCUT2D eigenvalue weighted by Gasteiger charge is -2.26. The molecule has 0 atom stereocenters. The van der Waals surface area contributed by atoms with Crippen LogP contribution in [-0.4, -0.2) is 83.0 Å². The summed E-state index contributed by atoms with van der Waals surface area (Å²) >= 11 is 1.35. The molecule has 1 amide bonds. The van der Waals surface area contributed by atoms with Crippen LogP contribution in [0, 0.1) is 11.8 Å². The van der Waals surface area contributed by atoms with Crippen molar-refractivity contribution in [2.75, 3.05) is 59.4 Å². The van der Waals surface area contributed by atoms with Crippen molar-refractivity contribution >= 4 is 55.0 Å². The Bertz CT molecular complexity index is 1320. The van der Waals surface area contributed by atoms with Gasteiger partial charge in [0.25, 0.3) is 5.91 Å². The number of carbonyl (C=O) groups excluding carboxylic acids is 1. The van der Waals surface area contributed by atoms with Crippen LogP contribution in [0.15, 0.2) is 41.3 Å². The Kier molecular flexibility index (Phi) is 12.2. The molecular weight excluding hydrogens is 572 g/mol. The van der Waals surface area contributed by atoms with E-state index in [4.69, 9.17) is 14.5 Å². The molecule has 0 N–H and O–H groups in total. The molecule has 0 saturated carbocycles. The van der Waals surface area contributed by atoms with Crippen LogP contribution in [0.25, 0.3) is 10.2 Å². The third kappa shape index (κ3) is 7.85. The van der Waals surface area contributed by atoms with Gasteiger partial charge < -0.3 is 14.4 Å². The Morgan fingerprint density at radius 2 is 1.45 bits per heavy atom. The number of amides is 1. The van der Waals surface area contributed by atoms with Crippen molar-refractivity contribution in [1.82, 2.24) is 14.2 Å². The molecule has 3 rings (SSSR count). The molecule has 0 spiro atoms. The van der Waals surface area contributed by atoms with Crippen LogP contribution < -0.4 is 14.4 Å². The highest BCUT2D eigenvalue weighted by atomic mass is 35.5. The van der Waals surface area contributed by atoms with Gasteiger partial charge in [0, 0.05) is 31.7 Å². The van der Waals surface area contributed by atoms with Crippen LogP contribution in [0.3, 0.4) is 0 Å². The molecule has 12 heteroatoms. The zero-order chi connectivity index (χ0) is 28.9. The van der Waals surface area contributed by atoms with Crippen molar-refractivity contribution in [2.24, 2.45) is 11.8 Å². The molecule has 0 unspecified atom stereocenters. The molecule has 1 aromatic heterocycles. The van der Waals surface area contributed by atoms with Gasteiger partial charge in [-0.2, -0.15) is 4.31 Å². The van der Waals surface area contributed by atoms with Gasteiger partial charge in [0.1, 0.15) is 21.7 Å². The number of hydrogen-bond donors (Lipinski definition) is 0. The minimum absolute atomic E-state index is 0. The topological polar surface area (TPSA) is 92.3 Å². The number of anilines is 1. The molecule has 0 saturated heterocycles. The van der Waals surface area contributed by atoms with Gasteiger partial charge in [0.05, 0.1) is 19.1 Å². The zero-order valence-corrected chi connectivity index (χ0v) is 27.0. The first kappa shape index (κ1) is 33.8. The largest absolute Gasteiger partial charge is 0.495 e. The summed E-state index contributed by atoms with van der Waals surface area (Å²) in [6.07, 6.45) is 0. The van der Waals surface area contributed by atoms with E-state index in [-0.39, 0.29) is 35.0 Å². The number of nitrogens with zero attached hydrogens (tertiary/aromatic N) is 4. The van der Waals surface area contributed by atoms with Gasteiger partial charge in [-0.15, -0.1) is 12.4 Å². The van der Waals surface area contributed by atoms with Crippen LogP contribution in [0.5, 0.6) is 11.5 Å². The second-order valence-electron chi connectivity index (χ2n) is 10.5. The van der Waals surface area contributed by atoms with Crippen LogP contribution >= 0.6 is 23.7 Å². The van der Waals surface area contributed by atoms with E-state index in [0.29, 0.717) is 53.9 Å². The van der Waals surface area contributed by atoms with Gasteiger partial charge in [-0.05, 0) is 62.3 Å². The molecule has 222 valence electrons. The fourth-order valence-electron chi connectivity index (χ4n) is 4.13. The summed E-state index contributed by atoms with van der Waals surface area (Å²) in [4.78, 5) is 22.3. The number of sulfonamides is 1. The fraction of sp³-hybridized carbons (Fsp3) is 0.500. The van der Waals surface area contributed by atoms with E-state index in [1.165, 1.54) is 27.8 Å². The van der Waals surface area contributed by atoms with Crippen LogP contribution in [0.2, 0.25) is 0 Å². The molecule has 0 aliphatic carbocycles. The van der Waals surface area contributed by atoms with Crippen molar-refractivity contribution in [3.63, 3.8) is 0 Å². The summed E-state index contributed by atoms with van der Waals surface area (Å²) in [7, 11) is 3.35. The summed E-state index contributed by atoms with van der Waals surface area (Å²) in [5, 5.41) is 0.511. The Labute approximate surface area is 248 Å². The lowest BCUT2D eigenvalue weighted by atomic mass is 10.2. The normalized spacial score (nSPS) is 11.9. The Morgan fingerprint density at radius 1 is 0.900 bits per heavy atom. The van der Waals surface area contributed by atoms with Crippen LogP contribution in [0.4, 0.5) is 5.13 Å². The van der Waals surface area contributed by atoms with E-state index in [1.54, 1.807) is 37.3 Å². The molecular formula is C28H41ClN4O5S2. The summed E-state index contributed by atoms with van der Waals surface area (Å²) in [5.74, 6) is 1.36. The second-order valence-corrected chi connectivity index (χ2v) is 13.5. The van der Waals surface area contributed by atoms with Crippen molar-refractivity contribution in [2.45, 2.75) is 32.6 Å². The van der Waals surface area contributed by atoms with Gasteiger partial charge in [0.2, 0.25) is 10.0 Å². The van der Waals surface area contributed by atoms with E-state index < -0.39 is 10.0 Å². The highest BCUT2D eigenvalue weighted by molar-refractivity contribution is 7.89. The number of hydrogen-bond acceptors (Lipinski definition) is 8. The van der Waals surface area contributed by atoms with Crippen LogP contribution in [-0.2, 0) is 10.0 Å².